The van der Waals surface area contributed by atoms with Crippen LogP contribution < -0.4 is 5.32 Å². The number of hydrogen-bond acceptors (Lipinski definition) is 5. The van der Waals surface area contributed by atoms with Crippen LogP contribution in [0.15, 0.2) is 55.4 Å². The van der Waals surface area contributed by atoms with Crippen LogP contribution in [-0.2, 0) is 6.42 Å². The van der Waals surface area contributed by atoms with Gasteiger partial charge in [-0.2, -0.15) is 0 Å². The molecule has 0 spiro atoms. The summed E-state index contributed by atoms with van der Waals surface area (Å²) in [5, 5.41) is 3.18. The van der Waals surface area contributed by atoms with Crippen LogP contribution in [0.25, 0.3) is 17.2 Å². The van der Waals surface area contributed by atoms with Gasteiger partial charge in [-0.3, -0.25) is 4.98 Å². The van der Waals surface area contributed by atoms with Crippen molar-refractivity contribution < 1.29 is 0 Å². The quantitative estimate of drug-likeness (QED) is 0.801. The lowest BCUT2D eigenvalue weighted by Crippen LogP contribution is -1.97. The summed E-state index contributed by atoms with van der Waals surface area (Å²) in [6.07, 6.45) is 14.1. The van der Waals surface area contributed by atoms with Gasteiger partial charge in [0.05, 0.1) is 0 Å². The maximum atomic E-state index is 4.34. The molecule has 0 fully saturated rings. The number of hydrogen-bond donors (Lipinski definition) is 1. The molecule has 1 N–H and O–H groups in total. The van der Waals surface area contributed by atoms with Crippen LogP contribution in [0.4, 0.5) is 11.6 Å². The summed E-state index contributed by atoms with van der Waals surface area (Å²) in [4.78, 5) is 16.7. The molecule has 0 saturated carbocycles. The number of pyridine rings is 2. The highest BCUT2D eigenvalue weighted by Gasteiger charge is 2.12. The van der Waals surface area contributed by atoms with E-state index in [-0.39, 0.29) is 0 Å². The molecule has 0 unspecified atom stereocenters. The smallest absolute Gasteiger partial charge is 0.134 e. The summed E-state index contributed by atoms with van der Waals surface area (Å²) < 4.78 is 0. The number of anilines is 2. The summed E-state index contributed by atoms with van der Waals surface area (Å²) in [5.41, 5.74) is 4.72. The molecule has 0 saturated heterocycles. The minimum absolute atomic E-state index is 0.718. The Morgan fingerprint density at radius 2 is 1.95 bits per heavy atom. The standard InChI is InChI=1S/C17H13N5/c1-2-13-9-19-10-15(14(13)3-1)12-4-7-20-17(8-12)22-16-5-6-18-11-21-16/h1,3-11H,2H2,(H,18,20,21,22). The number of rotatable bonds is 3. The Bertz CT molecular complexity index is 843. The average molecular weight is 287 g/mol. The molecule has 0 aromatic carbocycles. The lowest BCUT2D eigenvalue weighted by molar-refractivity contribution is 1.16. The Morgan fingerprint density at radius 1 is 0.955 bits per heavy atom. The van der Waals surface area contributed by atoms with Crippen molar-refractivity contribution in [3.05, 3.63) is 66.5 Å². The third kappa shape index (κ3) is 2.33. The van der Waals surface area contributed by atoms with Gasteiger partial charge in [-0.1, -0.05) is 12.2 Å². The Kier molecular flexibility index (Phi) is 3.08. The van der Waals surface area contributed by atoms with Crippen LogP contribution in [0.1, 0.15) is 11.1 Å². The van der Waals surface area contributed by atoms with Gasteiger partial charge in [0, 0.05) is 30.4 Å². The van der Waals surface area contributed by atoms with E-state index in [1.165, 1.54) is 17.5 Å². The molecule has 0 bridgehead atoms. The summed E-state index contributed by atoms with van der Waals surface area (Å²) in [6, 6.07) is 5.80. The number of fused-ring (bicyclic) bond motifs is 1. The summed E-state index contributed by atoms with van der Waals surface area (Å²) >= 11 is 0. The molecular formula is C17H13N5. The Hall–Kier alpha value is -3.08. The van der Waals surface area contributed by atoms with Crippen LogP contribution in [0.5, 0.6) is 0 Å². The Labute approximate surface area is 127 Å². The van der Waals surface area contributed by atoms with Crippen molar-refractivity contribution in [2.24, 2.45) is 0 Å². The molecule has 5 heteroatoms. The SMILES string of the molecule is C1=Cc2c(cncc2-c2ccnc(Nc3ccncn3)c2)C1. The normalized spacial score (nSPS) is 12.2. The maximum absolute atomic E-state index is 4.34. The molecule has 106 valence electrons. The van der Waals surface area contributed by atoms with Crippen molar-refractivity contribution in [2.45, 2.75) is 6.42 Å². The fourth-order valence-corrected chi connectivity index (χ4v) is 2.57. The third-order valence-corrected chi connectivity index (χ3v) is 3.60. The highest BCUT2D eigenvalue weighted by molar-refractivity contribution is 5.79. The van der Waals surface area contributed by atoms with Gasteiger partial charge in [-0.05, 0) is 41.3 Å². The van der Waals surface area contributed by atoms with Gasteiger partial charge >= 0.3 is 0 Å². The molecule has 0 atom stereocenters. The van der Waals surface area contributed by atoms with E-state index in [4.69, 9.17) is 0 Å². The maximum Gasteiger partial charge on any atom is 0.134 e. The van der Waals surface area contributed by atoms with Crippen molar-refractivity contribution in [1.82, 2.24) is 19.9 Å². The second kappa shape index (κ2) is 5.37. The van der Waals surface area contributed by atoms with E-state index >= 15 is 0 Å². The van der Waals surface area contributed by atoms with E-state index in [1.807, 2.05) is 24.5 Å². The summed E-state index contributed by atoms with van der Waals surface area (Å²) in [5.74, 6) is 1.46. The number of allylic oxidation sites excluding steroid dienone is 1. The first-order chi connectivity index (χ1) is 10.9. The van der Waals surface area contributed by atoms with E-state index in [0.29, 0.717) is 0 Å². The number of aromatic nitrogens is 4. The predicted octanol–water partition coefficient (Wildman–Crippen LogP) is 3.25. The van der Waals surface area contributed by atoms with Crippen LogP contribution in [0.3, 0.4) is 0 Å². The molecule has 22 heavy (non-hydrogen) atoms. The molecular weight excluding hydrogens is 274 g/mol. The van der Waals surface area contributed by atoms with E-state index < -0.39 is 0 Å². The topological polar surface area (TPSA) is 63.6 Å². The van der Waals surface area contributed by atoms with Gasteiger partial charge in [0.1, 0.15) is 18.0 Å². The zero-order valence-electron chi connectivity index (χ0n) is 11.8. The largest absolute Gasteiger partial charge is 0.325 e. The zero-order chi connectivity index (χ0) is 14.8. The molecule has 5 nitrogen and oxygen atoms in total. The average Bonchev–Trinajstić information content (AvgIpc) is 3.04. The van der Waals surface area contributed by atoms with Crippen molar-refractivity contribution >= 4 is 17.7 Å². The van der Waals surface area contributed by atoms with Crippen LogP contribution in [0, 0.1) is 0 Å². The predicted molar refractivity (Wildman–Crippen MR) is 85.5 cm³/mol. The van der Waals surface area contributed by atoms with Crippen LogP contribution >= 0.6 is 0 Å². The van der Waals surface area contributed by atoms with Crippen molar-refractivity contribution in [1.29, 1.82) is 0 Å². The fraction of sp³-hybridized carbons (Fsp3) is 0.0588. The monoisotopic (exact) mass is 287 g/mol. The van der Waals surface area contributed by atoms with Crippen LogP contribution in [0.2, 0.25) is 0 Å². The highest BCUT2D eigenvalue weighted by atomic mass is 15.1. The first-order valence-corrected chi connectivity index (χ1v) is 7.03. The van der Waals surface area contributed by atoms with E-state index in [0.717, 1.165) is 29.2 Å². The molecule has 1 aliphatic carbocycles. The second-order valence-corrected chi connectivity index (χ2v) is 5.02. The molecule has 3 aromatic heterocycles. The van der Waals surface area contributed by atoms with Gasteiger partial charge in [0.2, 0.25) is 0 Å². The van der Waals surface area contributed by atoms with Gasteiger partial charge in [0.25, 0.3) is 0 Å². The summed E-state index contributed by atoms with van der Waals surface area (Å²) in [7, 11) is 0. The Balaban J connectivity index is 1.71. The molecule has 0 amide bonds. The lowest BCUT2D eigenvalue weighted by atomic mass is 10.0. The minimum atomic E-state index is 0.718. The molecule has 3 heterocycles. The first-order valence-electron chi connectivity index (χ1n) is 7.03. The first kappa shape index (κ1) is 12.6. The van der Waals surface area contributed by atoms with E-state index in [2.05, 4.69) is 37.4 Å². The molecule has 0 aliphatic heterocycles. The zero-order valence-corrected chi connectivity index (χ0v) is 11.8. The van der Waals surface area contributed by atoms with E-state index in [1.54, 1.807) is 18.5 Å². The van der Waals surface area contributed by atoms with Crippen molar-refractivity contribution in [3.8, 4) is 11.1 Å². The van der Waals surface area contributed by atoms with Gasteiger partial charge < -0.3 is 5.32 Å². The fourth-order valence-electron chi connectivity index (χ4n) is 2.57. The second-order valence-electron chi connectivity index (χ2n) is 5.02. The number of nitrogens with zero attached hydrogens (tertiary/aromatic N) is 4. The molecule has 4 rings (SSSR count). The van der Waals surface area contributed by atoms with Gasteiger partial charge in [-0.25, -0.2) is 15.0 Å². The van der Waals surface area contributed by atoms with Gasteiger partial charge in [0.15, 0.2) is 0 Å². The third-order valence-electron chi connectivity index (χ3n) is 3.60. The Morgan fingerprint density at radius 3 is 2.86 bits per heavy atom. The van der Waals surface area contributed by atoms with Crippen molar-refractivity contribution in [2.75, 3.05) is 5.32 Å². The molecule has 3 aromatic rings. The highest BCUT2D eigenvalue weighted by Crippen LogP contribution is 2.31. The number of nitrogens with one attached hydrogen (secondary N) is 1. The van der Waals surface area contributed by atoms with Gasteiger partial charge in [-0.15, -0.1) is 0 Å². The van der Waals surface area contributed by atoms with E-state index in [9.17, 15) is 0 Å². The summed E-state index contributed by atoms with van der Waals surface area (Å²) in [6.45, 7) is 0. The molecule has 0 radical (unpaired) electrons. The van der Waals surface area contributed by atoms with Crippen LogP contribution in [-0.4, -0.2) is 19.9 Å². The minimum Gasteiger partial charge on any atom is -0.325 e. The van der Waals surface area contributed by atoms with Crippen molar-refractivity contribution in [3.63, 3.8) is 0 Å². The molecule has 1 aliphatic rings. The lowest BCUT2D eigenvalue weighted by Gasteiger charge is -2.09.